The summed E-state index contributed by atoms with van der Waals surface area (Å²) in [6.07, 6.45) is 2.32. The van der Waals surface area contributed by atoms with E-state index in [2.05, 4.69) is 5.32 Å². The first-order valence-electron chi connectivity index (χ1n) is 6.30. The molecule has 1 rings (SSSR count). The van der Waals surface area contributed by atoms with Crippen molar-refractivity contribution >= 4 is 23.5 Å². The molecule has 106 valence electrons. The number of carbonyl (C=O) groups excluding carboxylic acids is 1. The van der Waals surface area contributed by atoms with Gasteiger partial charge in [0.15, 0.2) is 0 Å². The predicted octanol–water partition coefficient (Wildman–Crippen LogP) is 2.39. The topological polar surface area (TPSA) is 71.3 Å². The molecule has 0 aliphatic rings. The Labute approximate surface area is 117 Å². The molecule has 0 saturated heterocycles. The first kappa shape index (κ1) is 15.6. The van der Waals surface area contributed by atoms with E-state index in [-0.39, 0.29) is 5.92 Å². The number of nitrogens with zero attached hydrogens (tertiary/aromatic N) is 1. The maximum atomic E-state index is 12.1. The molecule has 1 aromatic heterocycles. The van der Waals surface area contributed by atoms with Crippen molar-refractivity contribution in [3.63, 3.8) is 0 Å². The van der Waals surface area contributed by atoms with Crippen molar-refractivity contribution in [2.75, 3.05) is 0 Å². The molecule has 5 nitrogen and oxygen atoms in total. The van der Waals surface area contributed by atoms with Gasteiger partial charge in [-0.05, 0) is 18.9 Å². The molecule has 2 atom stereocenters. The summed E-state index contributed by atoms with van der Waals surface area (Å²) < 4.78 is 1.69. The number of amides is 1. The third-order valence-corrected chi connectivity index (χ3v) is 3.41. The molecule has 1 heterocycles. The number of hydrogen-bond acceptors (Lipinski definition) is 2. The largest absolute Gasteiger partial charge is 0.480 e. The maximum Gasteiger partial charge on any atom is 0.326 e. The van der Waals surface area contributed by atoms with Gasteiger partial charge in [0, 0.05) is 12.7 Å². The van der Waals surface area contributed by atoms with Crippen molar-refractivity contribution in [1.82, 2.24) is 9.88 Å². The van der Waals surface area contributed by atoms with E-state index in [4.69, 9.17) is 16.7 Å². The first-order valence-corrected chi connectivity index (χ1v) is 6.67. The van der Waals surface area contributed by atoms with Crippen LogP contribution in [0.25, 0.3) is 0 Å². The van der Waals surface area contributed by atoms with Crippen LogP contribution in [0.4, 0.5) is 0 Å². The number of halogens is 1. The maximum absolute atomic E-state index is 12.1. The summed E-state index contributed by atoms with van der Waals surface area (Å²) in [5.74, 6) is -1.58. The van der Waals surface area contributed by atoms with Gasteiger partial charge in [-0.2, -0.15) is 0 Å². The Kier molecular flexibility index (Phi) is 5.42. The van der Waals surface area contributed by atoms with E-state index in [0.717, 1.165) is 0 Å². The van der Waals surface area contributed by atoms with Crippen molar-refractivity contribution in [2.45, 2.75) is 39.8 Å². The predicted molar refractivity (Wildman–Crippen MR) is 73.5 cm³/mol. The van der Waals surface area contributed by atoms with Crippen LogP contribution < -0.4 is 5.32 Å². The molecule has 0 spiro atoms. The molecule has 6 heteroatoms. The van der Waals surface area contributed by atoms with Crippen LogP contribution >= 0.6 is 11.6 Å². The van der Waals surface area contributed by atoms with E-state index in [0.29, 0.717) is 23.7 Å². The van der Waals surface area contributed by atoms with Gasteiger partial charge in [-0.15, -0.1) is 0 Å². The third-order valence-electron chi connectivity index (χ3n) is 3.20. The molecular weight excluding hydrogens is 268 g/mol. The smallest absolute Gasteiger partial charge is 0.326 e. The van der Waals surface area contributed by atoms with E-state index >= 15 is 0 Å². The van der Waals surface area contributed by atoms with Crippen LogP contribution in [0.2, 0.25) is 5.02 Å². The van der Waals surface area contributed by atoms with Crippen molar-refractivity contribution in [1.29, 1.82) is 0 Å². The summed E-state index contributed by atoms with van der Waals surface area (Å²) >= 11 is 5.86. The van der Waals surface area contributed by atoms with Crippen LogP contribution in [0.5, 0.6) is 0 Å². The zero-order valence-corrected chi connectivity index (χ0v) is 12.1. The number of hydrogen-bond donors (Lipinski definition) is 2. The van der Waals surface area contributed by atoms with Crippen molar-refractivity contribution < 1.29 is 14.7 Å². The minimum Gasteiger partial charge on any atom is -0.480 e. The van der Waals surface area contributed by atoms with Gasteiger partial charge in [0.2, 0.25) is 0 Å². The lowest BCUT2D eigenvalue weighted by atomic mass is 9.99. The summed E-state index contributed by atoms with van der Waals surface area (Å²) in [5, 5.41) is 12.2. The Morgan fingerprint density at radius 2 is 2.11 bits per heavy atom. The minimum atomic E-state index is -1.02. The summed E-state index contributed by atoms with van der Waals surface area (Å²) in [5.41, 5.74) is 0.377. The Hall–Kier alpha value is -1.49. The standard InChI is InChI=1S/C13H19ClN2O3/c1-4-8(3)11(13(18)19)15-12(17)10-6-9(14)7-16(10)5-2/h6-8,11H,4-5H2,1-3H3,(H,15,17)(H,18,19). The molecule has 0 saturated carbocycles. The molecule has 0 radical (unpaired) electrons. The van der Waals surface area contributed by atoms with E-state index < -0.39 is 17.9 Å². The van der Waals surface area contributed by atoms with Gasteiger partial charge in [-0.3, -0.25) is 4.79 Å². The van der Waals surface area contributed by atoms with Crippen LogP contribution in [0.3, 0.4) is 0 Å². The lowest BCUT2D eigenvalue weighted by Crippen LogP contribution is -2.45. The van der Waals surface area contributed by atoms with Gasteiger partial charge in [0.05, 0.1) is 5.02 Å². The molecule has 0 bridgehead atoms. The van der Waals surface area contributed by atoms with Crippen molar-refractivity contribution in [3.8, 4) is 0 Å². The fourth-order valence-corrected chi connectivity index (χ4v) is 2.05. The minimum absolute atomic E-state index is 0.137. The zero-order chi connectivity index (χ0) is 14.6. The van der Waals surface area contributed by atoms with Gasteiger partial charge in [0.1, 0.15) is 11.7 Å². The van der Waals surface area contributed by atoms with Crippen LogP contribution in [-0.4, -0.2) is 27.6 Å². The highest BCUT2D eigenvalue weighted by Crippen LogP contribution is 2.15. The van der Waals surface area contributed by atoms with Crippen LogP contribution in [-0.2, 0) is 11.3 Å². The Bertz CT molecular complexity index is 470. The number of aryl methyl sites for hydroxylation is 1. The highest BCUT2D eigenvalue weighted by molar-refractivity contribution is 6.31. The Morgan fingerprint density at radius 1 is 1.47 bits per heavy atom. The van der Waals surface area contributed by atoms with Gasteiger partial charge >= 0.3 is 5.97 Å². The summed E-state index contributed by atoms with van der Waals surface area (Å²) in [4.78, 5) is 23.3. The second kappa shape index (κ2) is 6.61. The third kappa shape index (κ3) is 3.73. The highest BCUT2D eigenvalue weighted by Gasteiger charge is 2.26. The number of rotatable bonds is 6. The highest BCUT2D eigenvalue weighted by atomic mass is 35.5. The zero-order valence-electron chi connectivity index (χ0n) is 11.3. The van der Waals surface area contributed by atoms with Crippen LogP contribution in [0, 0.1) is 5.92 Å². The van der Waals surface area contributed by atoms with E-state index in [9.17, 15) is 9.59 Å². The molecule has 2 unspecified atom stereocenters. The molecule has 1 aromatic rings. The van der Waals surface area contributed by atoms with Gasteiger partial charge in [-0.25, -0.2) is 4.79 Å². The van der Waals surface area contributed by atoms with Gasteiger partial charge in [-0.1, -0.05) is 31.9 Å². The monoisotopic (exact) mass is 286 g/mol. The normalized spacial score (nSPS) is 13.9. The average Bonchev–Trinajstić information content (AvgIpc) is 2.75. The number of aromatic nitrogens is 1. The summed E-state index contributed by atoms with van der Waals surface area (Å²) in [6, 6.07) is 0.645. The number of carboxylic acids is 1. The molecule has 0 aliphatic heterocycles. The Morgan fingerprint density at radius 3 is 2.58 bits per heavy atom. The lowest BCUT2D eigenvalue weighted by Gasteiger charge is -2.20. The lowest BCUT2D eigenvalue weighted by molar-refractivity contribution is -0.140. The number of carbonyl (C=O) groups is 2. The fourth-order valence-electron chi connectivity index (χ4n) is 1.83. The molecule has 0 fully saturated rings. The van der Waals surface area contributed by atoms with E-state index in [1.54, 1.807) is 17.7 Å². The van der Waals surface area contributed by atoms with Gasteiger partial charge in [0.25, 0.3) is 5.91 Å². The number of nitrogens with one attached hydrogen (secondary N) is 1. The quantitative estimate of drug-likeness (QED) is 0.843. The molecule has 1 amide bonds. The van der Waals surface area contributed by atoms with Crippen LogP contribution in [0.15, 0.2) is 12.3 Å². The molecule has 19 heavy (non-hydrogen) atoms. The fraction of sp³-hybridized carbons (Fsp3) is 0.538. The SMILES string of the molecule is CCC(C)C(NC(=O)c1cc(Cl)cn1CC)C(=O)O. The van der Waals surface area contributed by atoms with Crippen LogP contribution in [0.1, 0.15) is 37.7 Å². The molecule has 0 aliphatic carbocycles. The van der Waals surface area contributed by atoms with E-state index in [1.807, 2.05) is 13.8 Å². The second-order valence-electron chi connectivity index (χ2n) is 4.50. The number of carboxylic acid groups (broad SMARTS) is 1. The second-order valence-corrected chi connectivity index (χ2v) is 4.94. The van der Waals surface area contributed by atoms with Gasteiger partial charge < -0.3 is 15.0 Å². The van der Waals surface area contributed by atoms with E-state index in [1.165, 1.54) is 6.07 Å². The molecular formula is C13H19ClN2O3. The average molecular weight is 287 g/mol. The molecule has 0 aromatic carbocycles. The van der Waals surface area contributed by atoms with Crippen molar-refractivity contribution in [3.05, 3.63) is 23.0 Å². The first-order chi connectivity index (χ1) is 8.90. The Balaban J connectivity index is 2.90. The summed E-state index contributed by atoms with van der Waals surface area (Å²) in [6.45, 7) is 6.16. The summed E-state index contributed by atoms with van der Waals surface area (Å²) in [7, 11) is 0. The van der Waals surface area contributed by atoms with Crippen molar-refractivity contribution in [2.24, 2.45) is 5.92 Å². The number of aliphatic carboxylic acids is 1. The molecule has 2 N–H and O–H groups in total.